The molecule has 0 saturated heterocycles. The highest BCUT2D eigenvalue weighted by molar-refractivity contribution is 9.10. The second kappa shape index (κ2) is 6.37. The Morgan fingerprint density at radius 2 is 2.00 bits per heavy atom. The van der Waals surface area contributed by atoms with Crippen LogP contribution in [0.4, 0.5) is 0 Å². The summed E-state index contributed by atoms with van der Waals surface area (Å²) in [7, 11) is 1.95. The summed E-state index contributed by atoms with van der Waals surface area (Å²) in [5.74, 6) is 0. The fourth-order valence-electron chi connectivity index (χ4n) is 2.43. The molecule has 0 aliphatic rings. The van der Waals surface area contributed by atoms with Crippen LogP contribution < -0.4 is 5.73 Å². The Hall–Kier alpha value is -0.390. The predicted octanol–water partition coefficient (Wildman–Crippen LogP) is 2.81. The Morgan fingerprint density at radius 1 is 1.42 bits per heavy atom. The normalized spacial score (nSPS) is 15.6. The number of hydrogen-bond donors (Lipinski definition) is 1. The van der Waals surface area contributed by atoms with Crippen molar-refractivity contribution in [2.45, 2.75) is 53.2 Å². The van der Waals surface area contributed by atoms with Crippen molar-refractivity contribution in [3.63, 3.8) is 0 Å². The van der Waals surface area contributed by atoms with Crippen LogP contribution in [0.15, 0.2) is 4.47 Å². The summed E-state index contributed by atoms with van der Waals surface area (Å²) >= 11 is 3.59. The number of nitrogens with two attached hydrogens (primary N) is 1. The summed E-state index contributed by atoms with van der Waals surface area (Å²) in [5, 5.41) is 4.40. The highest BCUT2D eigenvalue weighted by Gasteiger charge is 2.32. The second-order valence-electron chi connectivity index (χ2n) is 6.08. The Bertz CT molecular complexity index is 423. The third-order valence-corrected chi connectivity index (χ3v) is 4.31. The standard InChI is InChI=1S/C14H26BrN3O/c1-7-19-13(14(3,4)5)10(16)8-11-12(15)9(2)17-18(11)6/h10,13H,7-8,16H2,1-6H3. The second-order valence-corrected chi connectivity index (χ2v) is 6.87. The molecule has 19 heavy (non-hydrogen) atoms. The van der Waals surface area contributed by atoms with E-state index in [2.05, 4.69) is 41.8 Å². The summed E-state index contributed by atoms with van der Waals surface area (Å²) in [6, 6.07) is -0.0500. The lowest BCUT2D eigenvalue weighted by atomic mass is 9.83. The van der Waals surface area contributed by atoms with Crippen molar-refractivity contribution in [3.05, 3.63) is 15.9 Å². The number of ether oxygens (including phenoxy) is 1. The first-order valence-corrected chi connectivity index (χ1v) is 7.53. The first kappa shape index (κ1) is 16.7. The average Bonchev–Trinajstić information content (AvgIpc) is 2.51. The molecule has 5 heteroatoms. The van der Waals surface area contributed by atoms with Crippen LogP contribution in [0.25, 0.3) is 0 Å². The van der Waals surface area contributed by atoms with Gasteiger partial charge in [-0.3, -0.25) is 4.68 Å². The van der Waals surface area contributed by atoms with E-state index in [4.69, 9.17) is 10.5 Å². The van der Waals surface area contributed by atoms with Crippen molar-refractivity contribution >= 4 is 15.9 Å². The van der Waals surface area contributed by atoms with Gasteiger partial charge in [0, 0.05) is 26.1 Å². The molecule has 1 aromatic rings. The number of rotatable bonds is 5. The van der Waals surface area contributed by atoms with E-state index in [0.29, 0.717) is 6.61 Å². The fourth-order valence-corrected chi connectivity index (χ4v) is 2.93. The zero-order valence-electron chi connectivity index (χ0n) is 12.8. The minimum atomic E-state index is -0.0500. The van der Waals surface area contributed by atoms with Crippen molar-refractivity contribution in [1.82, 2.24) is 9.78 Å². The maximum atomic E-state index is 6.38. The third kappa shape index (κ3) is 4.04. The molecule has 110 valence electrons. The lowest BCUT2D eigenvalue weighted by Gasteiger charge is -2.35. The topological polar surface area (TPSA) is 53.1 Å². The van der Waals surface area contributed by atoms with Gasteiger partial charge >= 0.3 is 0 Å². The van der Waals surface area contributed by atoms with Crippen LogP contribution in [0.5, 0.6) is 0 Å². The van der Waals surface area contributed by atoms with Gasteiger partial charge in [0.2, 0.25) is 0 Å². The van der Waals surface area contributed by atoms with Gasteiger partial charge in [-0.05, 0) is 35.2 Å². The van der Waals surface area contributed by atoms with E-state index in [-0.39, 0.29) is 17.6 Å². The molecule has 4 nitrogen and oxygen atoms in total. The molecule has 1 aromatic heterocycles. The van der Waals surface area contributed by atoms with Crippen molar-refractivity contribution < 1.29 is 4.74 Å². The Kier molecular flexibility index (Phi) is 5.59. The van der Waals surface area contributed by atoms with Crippen molar-refractivity contribution in [3.8, 4) is 0 Å². The fraction of sp³-hybridized carbons (Fsp3) is 0.786. The first-order valence-electron chi connectivity index (χ1n) is 6.73. The SMILES string of the molecule is CCOC(C(N)Cc1c(Br)c(C)nn1C)C(C)(C)C. The molecule has 1 heterocycles. The van der Waals surface area contributed by atoms with Gasteiger partial charge in [0.15, 0.2) is 0 Å². The van der Waals surface area contributed by atoms with Gasteiger partial charge < -0.3 is 10.5 Å². The monoisotopic (exact) mass is 331 g/mol. The smallest absolute Gasteiger partial charge is 0.0777 e. The highest BCUT2D eigenvalue weighted by atomic mass is 79.9. The lowest BCUT2D eigenvalue weighted by molar-refractivity contribution is -0.0277. The molecule has 2 unspecified atom stereocenters. The van der Waals surface area contributed by atoms with Crippen molar-refractivity contribution in [2.24, 2.45) is 18.2 Å². The van der Waals surface area contributed by atoms with E-state index >= 15 is 0 Å². The predicted molar refractivity (Wildman–Crippen MR) is 82.2 cm³/mol. The quantitative estimate of drug-likeness (QED) is 0.902. The largest absolute Gasteiger partial charge is 0.376 e. The third-order valence-electron chi connectivity index (χ3n) is 3.28. The zero-order valence-corrected chi connectivity index (χ0v) is 14.4. The van der Waals surface area contributed by atoms with Gasteiger partial charge in [-0.25, -0.2) is 0 Å². The van der Waals surface area contributed by atoms with Crippen molar-refractivity contribution in [1.29, 1.82) is 0 Å². The van der Waals surface area contributed by atoms with Gasteiger partial charge in [-0.1, -0.05) is 20.8 Å². The molecule has 0 fully saturated rings. The maximum Gasteiger partial charge on any atom is 0.0777 e. The Balaban J connectivity index is 2.90. The Morgan fingerprint density at radius 3 is 2.37 bits per heavy atom. The molecule has 0 aromatic carbocycles. The molecule has 2 N–H and O–H groups in total. The summed E-state index contributed by atoms with van der Waals surface area (Å²) in [6.45, 7) is 11.2. The summed E-state index contributed by atoms with van der Waals surface area (Å²) < 4.78 is 8.80. The van der Waals surface area contributed by atoms with E-state index in [1.807, 2.05) is 25.6 Å². The van der Waals surface area contributed by atoms with Crippen LogP contribution >= 0.6 is 15.9 Å². The molecule has 0 radical (unpaired) electrons. The lowest BCUT2D eigenvalue weighted by Crippen LogP contribution is -2.46. The minimum absolute atomic E-state index is 0.0234. The molecule has 0 aliphatic heterocycles. The van der Waals surface area contributed by atoms with E-state index in [1.54, 1.807) is 0 Å². The molecular formula is C14H26BrN3O. The van der Waals surface area contributed by atoms with Crippen LogP contribution in [0.1, 0.15) is 39.1 Å². The van der Waals surface area contributed by atoms with Gasteiger partial charge in [0.1, 0.15) is 0 Å². The van der Waals surface area contributed by atoms with E-state index in [9.17, 15) is 0 Å². The number of nitrogens with zero attached hydrogens (tertiary/aromatic N) is 2. The van der Waals surface area contributed by atoms with Crippen LogP contribution in [0, 0.1) is 12.3 Å². The van der Waals surface area contributed by atoms with E-state index in [0.717, 1.165) is 22.3 Å². The van der Waals surface area contributed by atoms with Gasteiger partial charge in [-0.2, -0.15) is 5.10 Å². The van der Waals surface area contributed by atoms with Gasteiger partial charge in [0.05, 0.1) is 22.0 Å². The summed E-state index contributed by atoms with van der Waals surface area (Å²) in [5.41, 5.74) is 8.52. The van der Waals surface area contributed by atoms with Crippen molar-refractivity contribution in [2.75, 3.05) is 6.61 Å². The number of aryl methyl sites for hydroxylation is 2. The van der Waals surface area contributed by atoms with Gasteiger partial charge in [-0.15, -0.1) is 0 Å². The zero-order chi connectivity index (χ0) is 14.8. The highest BCUT2D eigenvalue weighted by Crippen LogP contribution is 2.28. The first-order chi connectivity index (χ1) is 8.68. The molecule has 0 saturated carbocycles. The summed E-state index contributed by atoms with van der Waals surface area (Å²) in [4.78, 5) is 0. The molecule has 0 amide bonds. The molecular weight excluding hydrogens is 306 g/mol. The van der Waals surface area contributed by atoms with Crippen LogP contribution in [0.3, 0.4) is 0 Å². The Labute approximate surface area is 124 Å². The molecule has 1 rings (SSSR count). The summed E-state index contributed by atoms with van der Waals surface area (Å²) in [6.07, 6.45) is 0.777. The number of aromatic nitrogens is 2. The number of halogens is 1. The van der Waals surface area contributed by atoms with E-state index in [1.165, 1.54) is 0 Å². The molecule has 0 aliphatic carbocycles. The van der Waals surface area contributed by atoms with E-state index < -0.39 is 0 Å². The average molecular weight is 332 g/mol. The van der Waals surface area contributed by atoms with Crippen LogP contribution in [0.2, 0.25) is 0 Å². The number of hydrogen-bond acceptors (Lipinski definition) is 3. The molecule has 2 atom stereocenters. The molecule has 0 bridgehead atoms. The van der Waals surface area contributed by atoms with Crippen LogP contribution in [-0.2, 0) is 18.2 Å². The minimum Gasteiger partial charge on any atom is -0.376 e. The van der Waals surface area contributed by atoms with Crippen LogP contribution in [-0.4, -0.2) is 28.5 Å². The maximum absolute atomic E-state index is 6.38. The molecule has 0 spiro atoms. The van der Waals surface area contributed by atoms with Gasteiger partial charge in [0.25, 0.3) is 0 Å².